The van der Waals surface area contributed by atoms with Gasteiger partial charge in [-0.1, -0.05) is 31.2 Å². The Morgan fingerprint density at radius 3 is 2.48 bits per heavy atom. The molecule has 0 radical (unpaired) electrons. The van der Waals surface area contributed by atoms with E-state index in [-0.39, 0.29) is 30.0 Å². The van der Waals surface area contributed by atoms with Gasteiger partial charge in [-0.15, -0.1) is 24.0 Å². The summed E-state index contributed by atoms with van der Waals surface area (Å²) in [4.78, 5) is 7.14. The third-order valence-corrected chi connectivity index (χ3v) is 5.59. The summed E-state index contributed by atoms with van der Waals surface area (Å²) in [6.07, 6.45) is 5.37. The average Bonchev–Trinajstić information content (AvgIpc) is 3.25. The van der Waals surface area contributed by atoms with Gasteiger partial charge in [-0.2, -0.15) is 0 Å². The van der Waals surface area contributed by atoms with Gasteiger partial charge in [0.1, 0.15) is 0 Å². The van der Waals surface area contributed by atoms with Gasteiger partial charge in [-0.05, 0) is 57.8 Å². The van der Waals surface area contributed by atoms with Crippen molar-refractivity contribution in [3.63, 3.8) is 0 Å². The van der Waals surface area contributed by atoms with E-state index in [2.05, 4.69) is 67.7 Å². The highest BCUT2D eigenvalue weighted by Crippen LogP contribution is 2.34. The van der Waals surface area contributed by atoms with E-state index in [9.17, 15) is 0 Å². The summed E-state index contributed by atoms with van der Waals surface area (Å²) >= 11 is 0. The van der Waals surface area contributed by atoms with Crippen molar-refractivity contribution in [2.75, 3.05) is 27.2 Å². The third-order valence-electron chi connectivity index (χ3n) is 5.59. The van der Waals surface area contributed by atoms with Crippen LogP contribution in [0.15, 0.2) is 29.3 Å². The van der Waals surface area contributed by atoms with Crippen LogP contribution >= 0.6 is 24.0 Å². The van der Waals surface area contributed by atoms with Gasteiger partial charge in [0.05, 0.1) is 30.8 Å². The third kappa shape index (κ3) is 5.81. The molecule has 0 aromatic heterocycles. The van der Waals surface area contributed by atoms with Crippen LogP contribution in [-0.4, -0.2) is 56.3 Å². The number of aliphatic imine (C=N–C) groups is 1. The number of ether oxygens (including phenoxy) is 1. The van der Waals surface area contributed by atoms with Crippen LogP contribution in [0, 0.1) is 0 Å². The molecule has 152 valence electrons. The zero-order chi connectivity index (χ0) is 18.5. The normalized spacial score (nSPS) is 25.4. The van der Waals surface area contributed by atoms with Gasteiger partial charge >= 0.3 is 0 Å². The lowest BCUT2D eigenvalue weighted by Gasteiger charge is -2.26. The van der Waals surface area contributed by atoms with Gasteiger partial charge in [-0.25, -0.2) is 0 Å². The van der Waals surface area contributed by atoms with Gasteiger partial charge in [0.25, 0.3) is 0 Å². The molecule has 2 saturated heterocycles. The fourth-order valence-electron chi connectivity index (χ4n) is 4.01. The summed E-state index contributed by atoms with van der Waals surface area (Å²) in [7, 11) is 4.25. The van der Waals surface area contributed by atoms with E-state index >= 15 is 0 Å². The van der Waals surface area contributed by atoms with Gasteiger partial charge in [0, 0.05) is 6.54 Å². The highest BCUT2D eigenvalue weighted by Gasteiger charge is 2.41. The van der Waals surface area contributed by atoms with Crippen LogP contribution in [0.2, 0.25) is 0 Å². The Balaban J connectivity index is 0.00000261. The maximum absolute atomic E-state index is 5.97. The number of fused-ring (bicyclic) bond motifs is 2. The van der Waals surface area contributed by atoms with E-state index in [0.29, 0.717) is 18.2 Å². The summed E-state index contributed by atoms with van der Waals surface area (Å²) in [6.45, 7) is 5.90. The number of nitrogens with zero attached hydrogens (tertiary/aromatic N) is 2. The number of hydrogen-bond acceptors (Lipinski definition) is 3. The van der Waals surface area contributed by atoms with Crippen molar-refractivity contribution < 1.29 is 4.74 Å². The van der Waals surface area contributed by atoms with Crippen molar-refractivity contribution in [1.82, 2.24) is 15.5 Å². The predicted octanol–water partition coefficient (Wildman–Crippen LogP) is 3.34. The van der Waals surface area contributed by atoms with Crippen LogP contribution in [0.5, 0.6) is 0 Å². The Morgan fingerprint density at radius 1 is 1.22 bits per heavy atom. The smallest absolute Gasteiger partial charge is 0.191 e. The first-order valence-electron chi connectivity index (χ1n) is 10.1. The molecule has 0 saturated carbocycles. The van der Waals surface area contributed by atoms with Crippen molar-refractivity contribution >= 4 is 29.9 Å². The molecule has 0 aliphatic carbocycles. The zero-order valence-electron chi connectivity index (χ0n) is 17.1. The largest absolute Gasteiger partial charge is 0.373 e. The van der Waals surface area contributed by atoms with Crippen LogP contribution in [0.1, 0.15) is 50.3 Å². The van der Waals surface area contributed by atoms with Gasteiger partial charge in [0.2, 0.25) is 0 Å². The van der Waals surface area contributed by atoms with Crippen LogP contribution in [0.25, 0.3) is 0 Å². The van der Waals surface area contributed by atoms with Gasteiger partial charge in [-0.3, -0.25) is 4.99 Å². The molecule has 4 atom stereocenters. The Bertz CT molecular complexity index is 605. The zero-order valence-corrected chi connectivity index (χ0v) is 19.4. The van der Waals surface area contributed by atoms with Crippen LogP contribution < -0.4 is 10.6 Å². The van der Waals surface area contributed by atoms with Gasteiger partial charge < -0.3 is 20.3 Å². The lowest BCUT2D eigenvalue weighted by Crippen LogP contribution is -2.47. The molecule has 2 aliphatic heterocycles. The maximum atomic E-state index is 5.97. The fourth-order valence-corrected chi connectivity index (χ4v) is 4.01. The molecule has 6 heteroatoms. The Kier molecular flexibility index (Phi) is 8.82. The molecule has 3 rings (SSSR count). The molecule has 2 heterocycles. The Morgan fingerprint density at radius 2 is 1.96 bits per heavy atom. The van der Waals surface area contributed by atoms with Crippen molar-refractivity contribution in [2.24, 2.45) is 4.99 Å². The molecule has 5 nitrogen and oxygen atoms in total. The summed E-state index contributed by atoms with van der Waals surface area (Å²) in [5.74, 6) is 0.908. The molecular weight excluding hydrogens is 451 g/mol. The number of likely N-dealkylation sites (N-methyl/N-ethyl adjacent to an activating group) is 1. The SMILES string of the molecule is CCNC(=NCC(c1ccc(CC)cc1)N(C)C)NC1CC2CCC1O2.I. The Hall–Kier alpha value is -0.860. The highest BCUT2D eigenvalue weighted by atomic mass is 127. The quantitative estimate of drug-likeness (QED) is 0.353. The molecule has 2 N–H and O–H groups in total. The van der Waals surface area contributed by atoms with Crippen LogP contribution in [-0.2, 0) is 11.2 Å². The van der Waals surface area contributed by atoms with E-state index in [4.69, 9.17) is 9.73 Å². The molecule has 2 fully saturated rings. The molecule has 0 spiro atoms. The molecule has 2 bridgehead atoms. The average molecular weight is 486 g/mol. The molecule has 27 heavy (non-hydrogen) atoms. The molecule has 0 amide bonds. The number of aryl methyl sites for hydroxylation is 1. The minimum absolute atomic E-state index is 0. The number of nitrogens with one attached hydrogen (secondary N) is 2. The first-order chi connectivity index (χ1) is 12.6. The van der Waals surface area contributed by atoms with E-state index in [1.54, 1.807) is 0 Å². The Labute approximate surface area is 181 Å². The van der Waals surface area contributed by atoms with Crippen LogP contribution in [0.4, 0.5) is 0 Å². The summed E-state index contributed by atoms with van der Waals surface area (Å²) in [6, 6.07) is 9.60. The minimum atomic E-state index is 0. The van der Waals surface area contributed by atoms with Crippen molar-refractivity contribution in [1.29, 1.82) is 0 Å². The number of guanidine groups is 1. The topological polar surface area (TPSA) is 48.9 Å². The van der Waals surface area contributed by atoms with Crippen LogP contribution in [0.3, 0.4) is 0 Å². The lowest BCUT2D eigenvalue weighted by atomic mass is 9.96. The second kappa shape index (κ2) is 10.6. The maximum Gasteiger partial charge on any atom is 0.191 e. The van der Waals surface area contributed by atoms with Crippen molar-refractivity contribution in [3.8, 4) is 0 Å². The molecule has 2 aliphatic rings. The molecular formula is C21H35IN4O. The fraction of sp³-hybridized carbons (Fsp3) is 0.667. The number of benzene rings is 1. The number of halogens is 1. The van der Waals surface area contributed by atoms with Crippen molar-refractivity contribution in [3.05, 3.63) is 35.4 Å². The first kappa shape index (κ1) is 22.4. The molecule has 1 aromatic carbocycles. The van der Waals surface area contributed by atoms with E-state index < -0.39 is 0 Å². The van der Waals surface area contributed by atoms with Crippen molar-refractivity contribution in [2.45, 2.75) is 63.8 Å². The van der Waals surface area contributed by atoms with Gasteiger partial charge in [0.15, 0.2) is 5.96 Å². The van der Waals surface area contributed by atoms with E-state index in [1.807, 2.05) is 0 Å². The summed E-state index contributed by atoms with van der Waals surface area (Å²) < 4.78 is 5.97. The highest BCUT2D eigenvalue weighted by molar-refractivity contribution is 14.0. The minimum Gasteiger partial charge on any atom is -0.373 e. The second-order valence-electron chi connectivity index (χ2n) is 7.65. The summed E-state index contributed by atoms with van der Waals surface area (Å²) in [5.41, 5.74) is 2.69. The number of hydrogen-bond donors (Lipinski definition) is 2. The van der Waals surface area contributed by atoms with E-state index in [0.717, 1.165) is 31.9 Å². The standard InChI is InChI=1S/C21H34N4O.HI/c1-5-15-7-9-16(10-8-15)19(25(3)4)14-23-21(22-6-2)24-18-13-17-11-12-20(18)26-17;/h7-10,17-20H,5-6,11-14H2,1-4H3,(H2,22,23,24);1H. The monoisotopic (exact) mass is 486 g/mol. The molecule has 1 aromatic rings. The second-order valence-corrected chi connectivity index (χ2v) is 7.65. The number of rotatable bonds is 7. The predicted molar refractivity (Wildman–Crippen MR) is 123 cm³/mol. The summed E-state index contributed by atoms with van der Waals surface area (Å²) in [5, 5.41) is 7.01. The lowest BCUT2D eigenvalue weighted by molar-refractivity contribution is 0.0992. The van der Waals surface area contributed by atoms with E-state index in [1.165, 1.54) is 24.0 Å². The molecule has 4 unspecified atom stereocenters. The first-order valence-corrected chi connectivity index (χ1v) is 10.1.